The van der Waals surface area contributed by atoms with E-state index in [0.717, 1.165) is 23.4 Å². The molecule has 0 atom stereocenters. The third kappa shape index (κ3) is 3.08. The van der Waals surface area contributed by atoms with Crippen molar-refractivity contribution < 1.29 is 4.74 Å². The molecule has 0 N–H and O–H groups in total. The van der Waals surface area contributed by atoms with Gasteiger partial charge in [0.25, 0.3) is 0 Å². The monoisotopic (exact) mass is 275 g/mol. The first kappa shape index (κ1) is 13.7. The fraction of sp³-hybridized carbons (Fsp3) is 0.167. The summed E-state index contributed by atoms with van der Waals surface area (Å²) in [6.07, 6.45) is 0.840. The number of fused-ring (bicyclic) bond motifs is 1. The summed E-state index contributed by atoms with van der Waals surface area (Å²) < 4.78 is 5.74. The quantitative estimate of drug-likeness (QED) is 0.682. The highest BCUT2D eigenvalue weighted by atomic mass is 16.5. The summed E-state index contributed by atoms with van der Waals surface area (Å²) in [4.78, 5) is 4.68. The van der Waals surface area contributed by atoms with Crippen molar-refractivity contribution in [1.29, 1.82) is 0 Å². The van der Waals surface area contributed by atoms with Crippen molar-refractivity contribution in [3.05, 3.63) is 65.7 Å². The summed E-state index contributed by atoms with van der Waals surface area (Å²) in [5, 5.41) is 1.17. The molecule has 0 aliphatic heterocycles. The van der Waals surface area contributed by atoms with E-state index >= 15 is 0 Å². The summed E-state index contributed by atoms with van der Waals surface area (Å²) >= 11 is 0. The maximum absolute atomic E-state index is 5.74. The standard InChI is InChI=1S/C18H18BNO/c1-2-21-18-15(10-13-6-4-3-5-7-13)11-14-12-16(19)8-9-17(14)20-18/h3-9,11-12H,2,10,19H2,1H3. The molecule has 2 aromatic carbocycles. The predicted octanol–water partition coefficient (Wildman–Crippen LogP) is 2.48. The highest BCUT2D eigenvalue weighted by Gasteiger charge is 2.09. The van der Waals surface area contributed by atoms with Crippen LogP contribution < -0.4 is 10.2 Å². The minimum Gasteiger partial charge on any atom is -0.478 e. The predicted molar refractivity (Wildman–Crippen MR) is 90.3 cm³/mol. The molecule has 0 amide bonds. The van der Waals surface area contributed by atoms with E-state index in [0.29, 0.717) is 6.61 Å². The van der Waals surface area contributed by atoms with Crippen LogP contribution in [-0.2, 0) is 6.42 Å². The second-order valence-electron chi connectivity index (χ2n) is 5.24. The number of hydrogen-bond acceptors (Lipinski definition) is 2. The molecule has 0 saturated carbocycles. The molecular formula is C18H18BNO. The van der Waals surface area contributed by atoms with E-state index in [1.807, 2.05) is 13.0 Å². The smallest absolute Gasteiger partial charge is 0.217 e. The van der Waals surface area contributed by atoms with Crippen LogP contribution in [0.2, 0.25) is 0 Å². The number of ether oxygens (including phenoxy) is 1. The second-order valence-corrected chi connectivity index (χ2v) is 5.24. The Morgan fingerprint density at radius 3 is 2.62 bits per heavy atom. The Kier molecular flexibility index (Phi) is 3.91. The Balaban J connectivity index is 2.07. The second kappa shape index (κ2) is 6.00. The highest BCUT2D eigenvalue weighted by Crippen LogP contribution is 2.24. The highest BCUT2D eigenvalue weighted by molar-refractivity contribution is 6.33. The van der Waals surface area contributed by atoms with Crippen LogP contribution in [0.5, 0.6) is 5.88 Å². The first-order valence-corrected chi connectivity index (χ1v) is 7.33. The van der Waals surface area contributed by atoms with Gasteiger partial charge in [0.2, 0.25) is 5.88 Å². The van der Waals surface area contributed by atoms with Gasteiger partial charge in [-0.05, 0) is 24.6 Å². The van der Waals surface area contributed by atoms with E-state index < -0.39 is 0 Å². The van der Waals surface area contributed by atoms with Crippen molar-refractivity contribution in [2.45, 2.75) is 13.3 Å². The molecule has 0 spiro atoms. The van der Waals surface area contributed by atoms with Gasteiger partial charge < -0.3 is 4.74 Å². The largest absolute Gasteiger partial charge is 0.478 e. The molecule has 21 heavy (non-hydrogen) atoms. The molecule has 0 unspecified atom stereocenters. The van der Waals surface area contributed by atoms with Gasteiger partial charge in [-0.2, -0.15) is 0 Å². The van der Waals surface area contributed by atoms with Crippen molar-refractivity contribution in [3.8, 4) is 5.88 Å². The van der Waals surface area contributed by atoms with E-state index in [2.05, 4.69) is 61.4 Å². The minimum atomic E-state index is 0.631. The lowest BCUT2D eigenvalue weighted by atomic mass is 9.94. The van der Waals surface area contributed by atoms with Crippen LogP contribution in [0.25, 0.3) is 10.9 Å². The maximum Gasteiger partial charge on any atom is 0.217 e. The van der Waals surface area contributed by atoms with Crippen LogP contribution in [-0.4, -0.2) is 19.4 Å². The number of pyridine rings is 1. The van der Waals surface area contributed by atoms with Crippen LogP contribution in [0.1, 0.15) is 18.1 Å². The number of hydrogen-bond donors (Lipinski definition) is 0. The van der Waals surface area contributed by atoms with Gasteiger partial charge in [0.05, 0.1) is 12.1 Å². The van der Waals surface area contributed by atoms with Gasteiger partial charge in [-0.25, -0.2) is 4.98 Å². The van der Waals surface area contributed by atoms with Gasteiger partial charge in [-0.15, -0.1) is 0 Å². The van der Waals surface area contributed by atoms with E-state index in [1.54, 1.807) is 0 Å². The van der Waals surface area contributed by atoms with E-state index in [9.17, 15) is 0 Å². The molecule has 0 radical (unpaired) electrons. The number of nitrogens with zero attached hydrogens (tertiary/aromatic N) is 1. The molecule has 0 bridgehead atoms. The zero-order valence-corrected chi connectivity index (χ0v) is 12.5. The Hall–Kier alpha value is -2.29. The molecule has 104 valence electrons. The molecule has 2 nitrogen and oxygen atoms in total. The van der Waals surface area contributed by atoms with Crippen molar-refractivity contribution in [3.63, 3.8) is 0 Å². The summed E-state index contributed by atoms with van der Waals surface area (Å²) in [5.74, 6) is 0.748. The van der Waals surface area contributed by atoms with Crippen LogP contribution in [0.3, 0.4) is 0 Å². The molecule has 3 heteroatoms. The van der Waals surface area contributed by atoms with Gasteiger partial charge in [0.1, 0.15) is 7.85 Å². The summed E-state index contributed by atoms with van der Waals surface area (Å²) in [6.45, 7) is 2.62. The lowest BCUT2D eigenvalue weighted by Gasteiger charge is -2.11. The SMILES string of the molecule is Bc1ccc2nc(OCC)c(Cc3ccccc3)cc2c1. The maximum atomic E-state index is 5.74. The zero-order chi connectivity index (χ0) is 14.7. The van der Waals surface area contributed by atoms with Crippen LogP contribution in [0.15, 0.2) is 54.6 Å². The molecule has 3 rings (SSSR count). The summed E-state index contributed by atoms with van der Waals surface area (Å²) in [7, 11) is 2.10. The Bertz CT molecular complexity index is 756. The zero-order valence-electron chi connectivity index (χ0n) is 12.5. The van der Waals surface area contributed by atoms with Crippen molar-refractivity contribution in [2.75, 3.05) is 6.61 Å². The lowest BCUT2D eigenvalue weighted by molar-refractivity contribution is 0.325. The van der Waals surface area contributed by atoms with Gasteiger partial charge in [0.15, 0.2) is 0 Å². The van der Waals surface area contributed by atoms with Crippen LogP contribution in [0.4, 0.5) is 0 Å². The average Bonchev–Trinajstić information content (AvgIpc) is 2.49. The summed E-state index contributed by atoms with van der Waals surface area (Å²) in [6, 6.07) is 18.9. The third-order valence-electron chi connectivity index (χ3n) is 3.53. The minimum absolute atomic E-state index is 0.631. The van der Waals surface area contributed by atoms with Gasteiger partial charge in [0, 0.05) is 17.4 Å². The van der Waals surface area contributed by atoms with Crippen molar-refractivity contribution >= 4 is 24.2 Å². The van der Waals surface area contributed by atoms with E-state index in [-0.39, 0.29) is 0 Å². The van der Waals surface area contributed by atoms with Crippen molar-refractivity contribution in [2.24, 2.45) is 0 Å². The van der Waals surface area contributed by atoms with Gasteiger partial charge in [-0.3, -0.25) is 0 Å². The van der Waals surface area contributed by atoms with Gasteiger partial charge in [-0.1, -0.05) is 47.9 Å². The molecular weight excluding hydrogens is 257 g/mol. The molecule has 0 saturated heterocycles. The summed E-state index contributed by atoms with van der Waals surface area (Å²) in [5.41, 5.74) is 4.65. The lowest BCUT2D eigenvalue weighted by Crippen LogP contribution is -2.04. The van der Waals surface area contributed by atoms with E-state index in [4.69, 9.17) is 4.74 Å². The fourth-order valence-electron chi connectivity index (χ4n) is 2.53. The third-order valence-corrected chi connectivity index (χ3v) is 3.53. The Morgan fingerprint density at radius 1 is 1.05 bits per heavy atom. The fourth-order valence-corrected chi connectivity index (χ4v) is 2.53. The van der Waals surface area contributed by atoms with Crippen molar-refractivity contribution in [1.82, 2.24) is 4.98 Å². The topological polar surface area (TPSA) is 22.1 Å². The Morgan fingerprint density at radius 2 is 1.86 bits per heavy atom. The number of aromatic nitrogens is 1. The first-order valence-electron chi connectivity index (χ1n) is 7.33. The number of benzene rings is 2. The Labute approximate surface area is 126 Å². The molecule has 0 aliphatic carbocycles. The molecule has 0 aliphatic rings. The van der Waals surface area contributed by atoms with Gasteiger partial charge >= 0.3 is 0 Å². The van der Waals surface area contributed by atoms with Crippen LogP contribution >= 0.6 is 0 Å². The first-order chi connectivity index (χ1) is 10.3. The van der Waals surface area contributed by atoms with Crippen LogP contribution in [0, 0.1) is 0 Å². The average molecular weight is 275 g/mol. The normalized spacial score (nSPS) is 10.7. The number of rotatable bonds is 4. The molecule has 1 heterocycles. The van der Waals surface area contributed by atoms with E-state index in [1.165, 1.54) is 16.4 Å². The molecule has 1 aromatic heterocycles. The molecule has 0 fully saturated rings. The molecule has 3 aromatic rings.